The van der Waals surface area contributed by atoms with Gasteiger partial charge in [0.15, 0.2) is 0 Å². The third-order valence-corrected chi connectivity index (χ3v) is 6.29. The number of hydrogen-bond donors (Lipinski definition) is 2. The van der Waals surface area contributed by atoms with Crippen LogP contribution in [0.25, 0.3) is 0 Å². The van der Waals surface area contributed by atoms with Crippen molar-refractivity contribution in [2.75, 3.05) is 13.2 Å². The SMILES string of the molecule is NC(=S)C1(NS(=O)(=O)C2CCOCC2)CCCC1. The first-order valence-corrected chi connectivity index (χ1v) is 8.32. The highest BCUT2D eigenvalue weighted by Crippen LogP contribution is 2.32. The normalized spacial score (nSPS) is 25.1. The summed E-state index contributed by atoms with van der Waals surface area (Å²) >= 11 is 5.06. The van der Waals surface area contributed by atoms with Gasteiger partial charge in [-0.1, -0.05) is 25.1 Å². The Bertz CT molecular complexity index is 410. The Hall–Kier alpha value is -0.240. The fraction of sp³-hybridized carbons (Fsp3) is 0.909. The lowest BCUT2D eigenvalue weighted by Crippen LogP contribution is -2.57. The molecule has 0 amide bonds. The van der Waals surface area contributed by atoms with E-state index in [4.69, 9.17) is 22.7 Å². The van der Waals surface area contributed by atoms with Crippen molar-refractivity contribution in [3.63, 3.8) is 0 Å². The highest BCUT2D eigenvalue weighted by atomic mass is 32.2. The quantitative estimate of drug-likeness (QED) is 0.745. The van der Waals surface area contributed by atoms with Gasteiger partial charge in [-0.25, -0.2) is 13.1 Å². The van der Waals surface area contributed by atoms with Crippen LogP contribution < -0.4 is 10.5 Å². The third kappa shape index (κ3) is 2.84. The first-order chi connectivity index (χ1) is 8.46. The number of hydrogen-bond acceptors (Lipinski definition) is 4. The van der Waals surface area contributed by atoms with Crippen LogP contribution in [-0.4, -0.2) is 37.4 Å². The molecule has 2 aliphatic rings. The van der Waals surface area contributed by atoms with Crippen LogP contribution in [0.2, 0.25) is 0 Å². The summed E-state index contributed by atoms with van der Waals surface area (Å²) in [5.74, 6) is 0. The Morgan fingerprint density at radius 1 is 1.28 bits per heavy atom. The molecule has 0 atom stereocenters. The van der Waals surface area contributed by atoms with Gasteiger partial charge in [0.2, 0.25) is 10.0 Å². The van der Waals surface area contributed by atoms with Crippen LogP contribution in [0.5, 0.6) is 0 Å². The van der Waals surface area contributed by atoms with Gasteiger partial charge in [-0.15, -0.1) is 0 Å². The summed E-state index contributed by atoms with van der Waals surface area (Å²) in [4.78, 5) is 0.274. The average molecular weight is 292 g/mol. The fourth-order valence-corrected chi connectivity index (χ4v) is 4.88. The fourth-order valence-electron chi connectivity index (χ4n) is 2.72. The minimum absolute atomic E-state index is 0.274. The molecule has 0 aromatic carbocycles. The first kappa shape index (κ1) is 14.2. The lowest BCUT2D eigenvalue weighted by atomic mass is 10.00. The molecule has 2 fully saturated rings. The number of rotatable bonds is 4. The van der Waals surface area contributed by atoms with Gasteiger partial charge in [-0.3, -0.25) is 0 Å². The minimum Gasteiger partial charge on any atom is -0.392 e. The van der Waals surface area contributed by atoms with E-state index in [-0.39, 0.29) is 10.2 Å². The zero-order chi connectivity index (χ0) is 13.2. The van der Waals surface area contributed by atoms with Crippen molar-refractivity contribution < 1.29 is 13.2 Å². The second kappa shape index (κ2) is 5.40. The molecule has 1 aliphatic heterocycles. The second-order valence-electron chi connectivity index (χ2n) is 5.11. The summed E-state index contributed by atoms with van der Waals surface area (Å²) in [6.45, 7) is 1.01. The van der Waals surface area contributed by atoms with Crippen molar-refractivity contribution in [3.05, 3.63) is 0 Å². The predicted octanol–water partition coefficient (Wildman–Crippen LogP) is 0.684. The van der Waals surface area contributed by atoms with E-state index >= 15 is 0 Å². The van der Waals surface area contributed by atoms with Gasteiger partial charge in [0, 0.05) is 13.2 Å². The Labute approximate surface area is 113 Å². The lowest BCUT2D eigenvalue weighted by Gasteiger charge is -2.32. The topological polar surface area (TPSA) is 81.4 Å². The number of nitrogens with two attached hydrogens (primary N) is 1. The minimum atomic E-state index is -3.37. The van der Waals surface area contributed by atoms with Gasteiger partial charge in [-0.05, 0) is 25.7 Å². The van der Waals surface area contributed by atoms with Crippen molar-refractivity contribution in [1.82, 2.24) is 4.72 Å². The molecule has 0 aromatic heterocycles. The smallest absolute Gasteiger partial charge is 0.215 e. The van der Waals surface area contributed by atoms with Gasteiger partial charge in [0.25, 0.3) is 0 Å². The average Bonchev–Trinajstić information content (AvgIpc) is 2.79. The zero-order valence-corrected chi connectivity index (χ0v) is 12.0. The van der Waals surface area contributed by atoms with E-state index in [1.165, 1.54) is 0 Å². The summed E-state index contributed by atoms with van der Waals surface area (Å²) in [6.07, 6.45) is 4.45. The molecule has 1 aliphatic carbocycles. The zero-order valence-electron chi connectivity index (χ0n) is 10.4. The van der Waals surface area contributed by atoms with Crippen LogP contribution in [0.1, 0.15) is 38.5 Å². The largest absolute Gasteiger partial charge is 0.392 e. The molecule has 3 N–H and O–H groups in total. The summed E-state index contributed by atoms with van der Waals surface area (Å²) in [5.41, 5.74) is 5.06. The van der Waals surface area contributed by atoms with Gasteiger partial charge in [0.05, 0.1) is 15.8 Å². The van der Waals surface area contributed by atoms with Gasteiger partial charge >= 0.3 is 0 Å². The molecule has 0 unspecified atom stereocenters. The van der Waals surface area contributed by atoms with E-state index in [0.717, 1.165) is 12.8 Å². The molecule has 0 bridgehead atoms. The molecule has 18 heavy (non-hydrogen) atoms. The van der Waals surface area contributed by atoms with Crippen LogP contribution in [0.15, 0.2) is 0 Å². The lowest BCUT2D eigenvalue weighted by molar-refractivity contribution is 0.0980. The highest BCUT2D eigenvalue weighted by molar-refractivity contribution is 7.90. The molecule has 104 valence electrons. The predicted molar refractivity (Wildman–Crippen MR) is 73.9 cm³/mol. The van der Waals surface area contributed by atoms with Crippen molar-refractivity contribution in [1.29, 1.82) is 0 Å². The third-order valence-electron chi connectivity index (χ3n) is 3.87. The molecule has 1 heterocycles. The second-order valence-corrected chi connectivity index (χ2v) is 7.51. The summed E-state index contributed by atoms with van der Waals surface area (Å²) in [7, 11) is -3.37. The van der Waals surface area contributed by atoms with Crippen LogP contribution in [0.4, 0.5) is 0 Å². The summed E-state index contributed by atoms with van der Waals surface area (Å²) < 4.78 is 32.7. The van der Waals surface area contributed by atoms with E-state index in [1.54, 1.807) is 0 Å². The number of thiocarbonyl (C=S) groups is 1. The van der Waals surface area contributed by atoms with E-state index < -0.39 is 15.6 Å². The number of nitrogens with one attached hydrogen (secondary N) is 1. The van der Waals surface area contributed by atoms with Crippen molar-refractivity contribution in [2.45, 2.75) is 49.3 Å². The van der Waals surface area contributed by atoms with Crippen molar-refractivity contribution in [3.8, 4) is 0 Å². The molecule has 5 nitrogen and oxygen atoms in total. The first-order valence-electron chi connectivity index (χ1n) is 6.37. The van der Waals surface area contributed by atoms with E-state index in [1.807, 2.05) is 0 Å². The molecule has 0 aromatic rings. The summed E-state index contributed by atoms with van der Waals surface area (Å²) in [6, 6.07) is 0. The summed E-state index contributed by atoms with van der Waals surface area (Å²) in [5, 5.41) is -0.377. The van der Waals surface area contributed by atoms with E-state index in [9.17, 15) is 8.42 Å². The molecule has 0 radical (unpaired) electrons. The number of sulfonamides is 1. The molecule has 2 rings (SSSR count). The van der Waals surface area contributed by atoms with Crippen molar-refractivity contribution >= 4 is 27.2 Å². The Balaban J connectivity index is 2.12. The van der Waals surface area contributed by atoms with Gasteiger partial charge in [-0.2, -0.15) is 0 Å². The maximum absolute atomic E-state index is 12.4. The van der Waals surface area contributed by atoms with Gasteiger partial charge < -0.3 is 10.5 Å². The standard InChI is InChI=1S/C11H20N2O3S2/c12-10(17)11(5-1-2-6-11)13-18(14,15)9-3-7-16-8-4-9/h9,13H,1-8H2,(H2,12,17). The molecule has 7 heteroatoms. The Morgan fingerprint density at radius 2 is 1.83 bits per heavy atom. The van der Waals surface area contributed by atoms with Crippen LogP contribution >= 0.6 is 12.2 Å². The maximum Gasteiger partial charge on any atom is 0.215 e. The van der Waals surface area contributed by atoms with Crippen LogP contribution in [-0.2, 0) is 14.8 Å². The number of ether oxygens (including phenoxy) is 1. The molecular formula is C11H20N2O3S2. The Kier molecular flexibility index (Phi) is 4.25. The Morgan fingerprint density at radius 3 is 2.33 bits per heavy atom. The van der Waals surface area contributed by atoms with Crippen LogP contribution in [0.3, 0.4) is 0 Å². The maximum atomic E-state index is 12.4. The monoisotopic (exact) mass is 292 g/mol. The molecule has 1 saturated heterocycles. The van der Waals surface area contributed by atoms with E-state index in [2.05, 4.69) is 4.72 Å². The molecule has 0 spiro atoms. The van der Waals surface area contributed by atoms with Gasteiger partial charge in [0.1, 0.15) is 0 Å². The highest BCUT2D eigenvalue weighted by Gasteiger charge is 2.42. The van der Waals surface area contributed by atoms with Crippen LogP contribution in [0, 0.1) is 0 Å². The molecular weight excluding hydrogens is 272 g/mol. The van der Waals surface area contributed by atoms with Crippen molar-refractivity contribution in [2.24, 2.45) is 5.73 Å². The molecule has 1 saturated carbocycles. The van der Waals surface area contributed by atoms with E-state index in [0.29, 0.717) is 38.9 Å².